The number of aromatic amines is 1. The quantitative estimate of drug-likeness (QED) is 0.683. The van der Waals surface area contributed by atoms with Crippen LogP contribution in [-0.4, -0.2) is 21.0 Å². The van der Waals surface area contributed by atoms with Crippen LogP contribution < -0.4 is 10.5 Å². The normalized spacial score (nSPS) is 10.7. The van der Waals surface area contributed by atoms with Crippen LogP contribution in [0.1, 0.15) is 16.1 Å². The largest absolute Gasteiger partial charge is 0.478 e. The van der Waals surface area contributed by atoms with Crippen molar-refractivity contribution in [2.45, 2.75) is 6.54 Å². The third-order valence-electron chi connectivity index (χ3n) is 3.12. The number of hydrogen-bond donors (Lipinski definition) is 3. The summed E-state index contributed by atoms with van der Waals surface area (Å²) < 4.78 is 5.73. The van der Waals surface area contributed by atoms with Gasteiger partial charge in [-0.05, 0) is 24.3 Å². The fourth-order valence-corrected chi connectivity index (χ4v) is 2.11. The second-order valence-electron chi connectivity index (χ2n) is 4.50. The van der Waals surface area contributed by atoms with E-state index in [1.807, 2.05) is 0 Å². The fourth-order valence-electron chi connectivity index (χ4n) is 2.11. The molecule has 6 nitrogen and oxygen atoms in total. The van der Waals surface area contributed by atoms with E-state index in [1.165, 1.54) is 6.20 Å². The van der Waals surface area contributed by atoms with Crippen LogP contribution in [0.4, 0.5) is 0 Å². The monoisotopic (exact) mass is 283 g/mol. The van der Waals surface area contributed by atoms with Gasteiger partial charge in [0.05, 0.1) is 11.3 Å². The maximum absolute atomic E-state index is 11.1. The van der Waals surface area contributed by atoms with Gasteiger partial charge < -0.3 is 20.6 Å². The van der Waals surface area contributed by atoms with Gasteiger partial charge in [-0.2, -0.15) is 0 Å². The Hall–Kier alpha value is -2.86. The van der Waals surface area contributed by atoms with Crippen molar-refractivity contribution >= 4 is 16.9 Å². The number of nitrogens with one attached hydrogen (secondary N) is 1. The van der Waals surface area contributed by atoms with E-state index >= 15 is 0 Å². The highest BCUT2D eigenvalue weighted by molar-refractivity contribution is 6.03. The molecular formula is C15H13N3O3. The van der Waals surface area contributed by atoms with Crippen molar-refractivity contribution in [2.24, 2.45) is 5.73 Å². The summed E-state index contributed by atoms with van der Waals surface area (Å²) in [4.78, 5) is 18.2. The highest BCUT2D eigenvalue weighted by Gasteiger charge is 2.11. The molecule has 0 unspecified atom stereocenters. The van der Waals surface area contributed by atoms with Gasteiger partial charge in [-0.25, -0.2) is 4.79 Å². The Labute approximate surface area is 120 Å². The zero-order chi connectivity index (χ0) is 14.8. The Balaban J connectivity index is 1.96. The molecule has 0 aliphatic heterocycles. The summed E-state index contributed by atoms with van der Waals surface area (Å²) in [5, 5.41) is 9.74. The minimum absolute atomic E-state index is 0.216. The van der Waals surface area contributed by atoms with Gasteiger partial charge in [0.2, 0.25) is 0 Å². The molecule has 4 N–H and O–H groups in total. The molecule has 0 spiro atoms. The molecule has 0 saturated carbocycles. The number of aromatic nitrogens is 2. The molecule has 0 atom stereocenters. The maximum Gasteiger partial charge on any atom is 0.337 e. The summed E-state index contributed by atoms with van der Waals surface area (Å²) in [5.41, 5.74) is 7.22. The van der Waals surface area contributed by atoms with Gasteiger partial charge in [-0.3, -0.25) is 4.98 Å². The predicted molar refractivity (Wildman–Crippen MR) is 77.5 cm³/mol. The van der Waals surface area contributed by atoms with Crippen LogP contribution in [0.25, 0.3) is 10.9 Å². The number of ether oxygens (including phenoxy) is 1. The second-order valence-corrected chi connectivity index (χ2v) is 4.50. The van der Waals surface area contributed by atoms with Crippen molar-refractivity contribution in [1.82, 2.24) is 9.97 Å². The molecule has 1 aromatic carbocycles. The first-order chi connectivity index (χ1) is 10.2. The van der Waals surface area contributed by atoms with E-state index in [2.05, 4.69) is 9.97 Å². The summed E-state index contributed by atoms with van der Waals surface area (Å²) >= 11 is 0. The molecule has 0 aliphatic carbocycles. The average molecular weight is 283 g/mol. The number of nitrogens with zero attached hydrogens (tertiary/aromatic N) is 1. The number of aromatic carboxylic acids is 1. The van der Waals surface area contributed by atoms with E-state index in [-0.39, 0.29) is 5.56 Å². The summed E-state index contributed by atoms with van der Waals surface area (Å²) in [6.45, 7) is 0.331. The van der Waals surface area contributed by atoms with Gasteiger partial charge in [0.1, 0.15) is 11.5 Å². The van der Waals surface area contributed by atoms with E-state index in [0.717, 1.165) is 11.2 Å². The Morgan fingerprint density at radius 3 is 2.86 bits per heavy atom. The molecule has 2 heterocycles. The van der Waals surface area contributed by atoms with Crippen molar-refractivity contribution in [1.29, 1.82) is 0 Å². The Bertz CT molecular complexity index is 811. The molecule has 0 amide bonds. The number of carbonyl (C=O) groups is 1. The smallest absolute Gasteiger partial charge is 0.337 e. The van der Waals surface area contributed by atoms with Crippen LogP contribution >= 0.6 is 0 Å². The van der Waals surface area contributed by atoms with Crippen LogP contribution in [0.2, 0.25) is 0 Å². The number of benzene rings is 1. The highest BCUT2D eigenvalue weighted by Crippen LogP contribution is 2.27. The predicted octanol–water partition coefficient (Wildman–Crippen LogP) is 2.51. The van der Waals surface area contributed by atoms with Gasteiger partial charge in [-0.1, -0.05) is 0 Å². The molecule has 21 heavy (non-hydrogen) atoms. The number of carboxylic acids is 1. The molecule has 0 radical (unpaired) electrons. The number of hydrogen-bond acceptors (Lipinski definition) is 4. The summed E-state index contributed by atoms with van der Waals surface area (Å²) in [5.74, 6) is 0.184. The summed E-state index contributed by atoms with van der Waals surface area (Å²) in [6, 6.07) is 8.71. The lowest BCUT2D eigenvalue weighted by molar-refractivity contribution is 0.0699. The topological polar surface area (TPSA) is 101 Å². The average Bonchev–Trinajstić information content (AvgIpc) is 2.91. The number of carboxylic acid groups (broad SMARTS) is 1. The zero-order valence-corrected chi connectivity index (χ0v) is 11.0. The number of H-pyrrole nitrogens is 1. The SMILES string of the molecule is NCc1cc(Oc2ccc3[nH]cc(C(=O)O)c3c2)ccn1. The first-order valence-electron chi connectivity index (χ1n) is 6.34. The van der Waals surface area contributed by atoms with E-state index < -0.39 is 5.97 Å². The van der Waals surface area contributed by atoms with E-state index in [4.69, 9.17) is 15.6 Å². The molecule has 3 aromatic rings. The van der Waals surface area contributed by atoms with Crippen molar-refractivity contribution in [3.8, 4) is 11.5 Å². The van der Waals surface area contributed by atoms with Gasteiger partial charge in [-0.15, -0.1) is 0 Å². The molecule has 0 saturated heterocycles. The van der Waals surface area contributed by atoms with E-state index in [9.17, 15) is 4.79 Å². The van der Waals surface area contributed by atoms with Crippen LogP contribution in [0.15, 0.2) is 42.7 Å². The molecule has 2 aromatic heterocycles. The molecular weight excluding hydrogens is 270 g/mol. The Morgan fingerprint density at radius 1 is 1.29 bits per heavy atom. The molecule has 0 aliphatic rings. The Kier molecular flexibility index (Phi) is 3.29. The first-order valence-corrected chi connectivity index (χ1v) is 6.34. The van der Waals surface area contributed by atoms with Crippen molar-refractivity contribution in [3.05, 3.63) is 54.0 Å². The lowest BCUT2D eigenvalue weighted by Gasteiger charge is -2.07. The van der Waals surface area contributed by atoms with Crippen molar-refractivity contribution in [2.75, 3.05) is 0 Å². The highest BCUT2D eigenvalue weighted by atomic mass is 16.5. The zero-order valence-electron chi connectivity index (χ0n) is 11.0. The van der Waals surface area contributed by atoms with Gasteiger partial charge in [0.25, 0.3) is 0 Å². The summed E-state index contributed by atoms with van der Waals surface area (Å²) in [6.07, 6.45) is 3.09. The number of pyridine rings is 1. The summed E-state index contributed by atoms with van der Waals surface area (Å²) in [7, 11) is 0. The Morgan fingerprint density at radius 2 is 2.10 bits per heavy atom. The second kappa shape index (κ2) is 5.26. The van der Waals surface area contributed by atoms with Gasteiger partial charge >= 0.3 is 5.97 Å². The third-order valence-corrected chi connectivity index (χ3v) is 3.12. The number of rotatable bonds is 4. The van der Waals surface area contributed by atoms with Gasteiger partial charge in [0, 0.05) is 35.9 Å². The standard InChI is InChI=1S/C15H13N3O3/c16-7-9-5-11(3-4-17-9)21-10-1-2-14-12(6-10)13(8-18-14)15(19)20/h1-6,8,18H,7,16H2,(H,19,20). The molecule has 0 fully saturated rings. The molecule has 0 bridgehead atoms. The number of fused-ring (bicyclic) bond motifs is 1. The van der Waals surface area contributed by atoms with Crippen molar-refractivity contribution < 1.29 is 14.6 Å². The third kappa shape index (κ3) is 2.56. The molecule has 106 valence electrons. The minimum atomic E-state index is -0.979. The van der Waals surface area contributed by atoms with E-state index in [0.29, 0.717) is 23.4 Å². The van der Waals surface area contributed by atoms with E-state index in [1.54, 1.807) is 36.5 Å². The molecule has 6 heteroatoms. The maximum atomic E-state index is 11.1. The van der Waals surface area contributed by atoms with Crippen LogP contribution in [0, 0.1) is 0 Å². The van der Waals surface area contributed by atoms with Crippen LogP contribution in [0.5, 0.6) is 11.5 Å². The lowest BCUT2D eigenvalue weighted by atomic mass is 10.1. The first kappa shape index (κ1) is 13.1. The van der Waals surface area contributed by atoms with Gasteiger partial charge in [0.15, 0.2) is 0 Å². The minimum Gasteiger partial charge on any atom is -0.478 e. The van der Waals surface area contributed by atoms with Crippen LogP contribution in [0.3, 0.4) is 0 Å². The van der Waals surface area contributed by atoms with Crippen LogP contribution in [-0.2, 0) is 6.54 Å². The fraction of sp³-hybridized carbons (Fsp3) is 0.0667. The number of nitrogens with two attached hydrogens (primary N) is 1. The van der Waals surface area contributed by atoms with Crippen molar-refractivity contribution in [3.63, 3.8) is 0 Å². The molecule has 3 rings (SSSR count). The lowest BCUT2D eigenvalue weighted by Crippen LogP contribution is -1.99.